The highest BCUT2D eigenvalue weighted by atomic mass is 15.5. The van der Waals surface area contributed by atoms with E-state index in [0.717, 1.165) is 12.4 Å². The molecule has 6 heteroatoms. The number of hydrogen-bond acceptors (Lipinski definition) is 5. The molecule has 2 N–H and O–H groups in total. The van der Waals surface area contributed by atoms with E-state index >= 15 is 0 Å². The highest BCUT2D eigenvalue weighted by molar-refractivity contribution is 4.81. The Kier molecular flexibility index (Phi) is 4.24. The van der Waals surface area contributed by atoms with E-state index in [1.807, 2.05) is 0 Å². The molecule has 90 valence electrons. The van der Waals surface area contributed by atoms with Crippen LogP contribution >= 0.6 is 0 Å². The van der Waals surface area contributed by atoms with Gasteiger partial charge >= 0.3 is 0 Å². The average Bonchev–Trinajstić information content (AvgIpc) is 2.82. The molecule has 0 saturated carbocycles. The fraction of sp³-hybridized carbons (Fsp3) is 0.900. The molecule has 0 aliphatic carbocycles. The van der Waals surface area contributed by atoms with Crippen LogP contribution in [0.4, 0.5) is 0 Å². The van der Waals surface area contributed by atoms with Gasteiger partial charge in [-0.15, -0.1) is 10.2 Å². The first kappa shape index (κ1) is 11.5. The molecule has 0 unspecified atom stereocenters. The maximum atomic E-state index is 3.92. The van der Waals surface area contributed by atoms with E-state index in [1.54, 1.807) is 0 Å². The molecule has 1 aromatic heterocycles. The lowest BCUT2D eigenvalue weighted by Crippen LogP contribution is -2.42. The fourth-order valence-electron chi connectivity index (χ4n) is 2.17. The summed E-state index contributed by atoms with van der Waals surface area (Å²) in [5.41, 5.74) is 0. The number of rotatable bonds is 5. The van der Waals surface area contributed by atoms with E-state index in [4.69, 9.17) is 0 Å². The Morgan fingerprint density at radius 2 is 2.25 bits per heavy atom. The van der Waals surface area contributed by atoms with Crippen LogP contribution in [0.15, 0.2) is 0 Å². The number of nitrogens with one attached hydrogen (secondary N) is 2. The minimum atomic E-state index is 0.603. The summed E-state index contributed by atoms with van der Waals surface area (Å²) in [7, 11) is 0. The highest BCUT2D eigenvalue weighted by Gasteiger charge is 2.18. The lowest BCUT2D eigenvalue weighted by molar-refractivity contribution is 0.197. The van der Waals surface area contributed by atoms with Gasteiger partial charge in [-0.2, -0.15) is 5.21 Å². The normalized spacial score (nSPS) is 19.1. The van der Waals surface area contributed by atoms with Crippen molar-refractivity contribution in [2.75, 3.05) is 19.6 Å². The van der Waals surface area contributed by atoms with Gasteiger partial charge in [-0.1, -0.05) is 12.1 Å². The Morgan fingerprint density at radius 1 is 1.44 bits per heavy atom. The molecule has 0 bridgehead atoms. The second-order valence-corrected chi connectivity index (χ2v) is 4.32. The molecular weight excluding hydrogens is 204 g/mol. The van der Waals surface area contributed by atoms with Gasteiger partial charge < -0.3 is 10.2 Å². The van der Waals surface area contributed by atoms with Crippen molar-refractivity contribution < 1.29 is 0 Å². The second-order valence-electron chi connectivity index (χ2n) is 4.32. The maximum absolute atomic E-state index is 3.92. The number of hydrogen-bond donors (Lipinski definition) is 2. The van der Waals surface area contributed by atoms with Crippen LogP contribution in [-0.2, 0) is 6.54 Å². The molecule has 1 aliphatic rings. The lowest BCUT2D eigenvalue weighted by atomic mass is 10.0. The summed E-state index contributed by atoms with van der Waals surface area (Å²) in [4.78, 5) is 2.53. The number of tetrazole rings is 1. The van der Waals surface area contributed by atoms with Crippen LogP contribution in [0.25, 0.3) is 0 Å². The first-order chi connectivity index (χ1) is 7.88. The van der Waals surface area contributed by atoms with Crippen LogP contribution in [0.3, 0.4) is 0 Å². The van der Waals surface area contributed by atoms with Crippen molar-refractivity contribution in [3.05, 3.63) is 5.82 Å². The largest absolute Gasteiger partial charge is 0.307 e. The first-order valence-electron chi connectivity index (χ1n) is 6.06. The van der Waals surface area contributed by atoms with Crippen molar-refractivity contribution in [1.82, 2.24) is 30.8 Å². The van der Waals surface area contributed by atoms with Crippen LogP contribution in [-0.4, -0.2) is 51.2 Å². The number of H-pyrrole nitrogens is 1. The molecule has 1 aliphatic heterocycles. The van der Waals surface area contributed by atoms with E-state index in [2.05, 4.69) is 37.8 Å². The molecule has 16 heavy (non-hydrogen) atoms. The highest BCUT2D eigenvalue weighted by Crippen LogP contribution is 2.10. The smallest absolute Gasteiger partial charge is 0.188 e. The molecule has 1 saturated heterocycles. The number of nitrogens with zero attached hydrogens (tertiary/aromatic N) is 4. The molecular formula is C10H20N6. The van der Waals surface area contributed by atoms with Crippen molar-refractivity contribution in [2.24, 2.45) is 0 Å². The zero-order valence-corrected chi connectivity index (χ0v) is 9.82. The van der Waals surface area contributed by atoms with Gasteiger partial charge in [0.1, 0.15) is 0 Å². The topological polar surface area (TPSA) is 69.7 Å². The standard InChI is InChI=1S/C10H20N6/c1-2-5-16-6-3-9(4-7-16)11-8-10-12-14-15-13-10/h9,11H,2-8H2,1H3,(H,12,13,14,15). The monoisotopic (exact) mass is 224 g/mol. The van der Waals surface area contributed by atoms with E-state index in [-0.39, 0.29) is 0 Å². The van der Waals surface area contributed by atoms with Gasteiger partial charge in [-0.05, 0) is 38.9 Å². The third-order valence-electron chi connectivity index (χ3n) is 3.07. The van der Waals surface area contributed by atoms with Crippen molar-refractivity contribution >= 4 is 0 Å². The number of aromatic nitrogens is 4. The molecule has 2 rings (SSSR count). The maximum Gasteiger partial charge on any atom is 0.188 e. The molecule has 0 atom stereocenters. The van der Waals surface area contributed by atoms with Crippen molar-refractivity contribution in [3.8, 4) is 0 Å². The lowest BCUT2D eigenvalue weighted by Gasteiger charge is -2.31. The molecule has 0 amide bonds. The third-order valence-corrected chi connectivity index (χ3v) is 3.07. The van der Waals surface area contributed by atoms with Crippen LogP contribution in [0.1, 0.15) is 32.0 Å². The molecule has 0 radical (unpaired) electrons. The summed E-state index contributed by atoms with van der Waals surface area (Å²) in [6.07, 6.45) is 3.69. The number of likely N-dealkylation sites (tertiary alicyclic amines) is 1. The van der Waals surface area contributed by atoms with Crippen LogP contribution in [0.2, 0.25) is 0 Å². The van der Waals surface area contributed by atoms with Crippen LogP contribution in [0, 0.1) is 0 Å². The van der Waals surface area contributed by atoms with Crippen molar-refractivity contribution in [2.45, 2.75) is 38.8 Å². The molecule has 1 aromatic rings. The second kappa shape index (κ2) is 5.91. The van der Waals surface area contributed by atoms with E-state index in [0.29, 0.717) is 6.04 Å². The van der Waals surface area contributed by atoms with Gasteiger partial charge in [-0.3, -0.25) is 0 Å². The number of aromatic amines is 1. The zero-order chi connectivity index (χ0) is 11.2. The predicted octanol–water partition coefficient (Wildman–Crippen LogP) is 0.164. The van der Waals surface area contributed by atoms with E-state index < -0.39 is 0 Å². The summed E-state index contributed by atoms with van der Waals surface area (Å²) in [5, 5.41) is 17.3. The predicted molar refractivity (Wildman–Crippen MR) is 60.8 cm³/mol. The molecule has 2 heterocycles. The third kappa shape index (κ3) is 3.24. The first-order valence-corrected chi connectivity index (χ1v) is 6.06. The Labute approximate surface area is 95.8 Å². The van der Waals surface area contributed by atoms with Gasteiger partial charge in [0, 0.05) is 6.04 Å². The molecule has 6 nitrogen and oxygen atoms in total. The van der Waals surface area contributed by atoms with Crippen LogP contribution in [0.5, 0.6) is 0 Å². The summed E-state index contributed by atoms with van der Waals surface area (Å²) in [6, 6.07) is 0.603. The van der Waals surface area contributed by atoms with Crippen molar-refractivity contribution in [3.63, 3.8) is 0 Å². The Hall–Kier alpha value is -1.01. The molecule has 0 spiro atoms. The van der Waals surface area contributed by atoms with Crippen molar-refractivity contribution in [1.29, 1.82) is 0 Å². The Morgan fingerprint density at radius 3 is 2.88 bits per heavy atom. The van der Waals surface area contributed by atoms with Crippen LogP contribution < -0.4 is 5.32 Å². The SMILES string of the molecule is CCCN1CCC(NCc2nn[nH]n2)CC1. The Bertz CT molecular complexity index is 278. The van der Waals surface area contributed by atoms with Gasteiger partial charge in [0.15, 0.2) is 5.82 Å². The van der Waals surface area contributed by atoms with E-state index in [1.165, 1.54) is 38.9 Å². The fourth-order valence-corrected chi connectivity index (χ4v) is 2.17. The van der Waals surface area contributed by atoms with Gasteiger partial charge in [0.25, 0.3) is 0 Å². The summed E-state index contributed by atoms with van der Waals surface area (Å²) in [6.45, 7) is 6.60. The average molecular weight is 224 g/mol. The zero-order valence-electron chi connectivity index (χ0n) is 9.82. The molecule has 1 fully saturated rings. The minimum Gasteiger partial charge on any atom is -0.307 e. The number of piperidine rings is 1. The summed E-state index contributed by atoms with van der Waals surface area (Å²) >= 11 is 0. The molecule has 0 aromatic carbocycles. The summed E-state index contributed by atoms with van der Waals surface area (Å²) in [5.74, 6) is 0.746. The van der Waals surface area contributed by atoms with Gasteiger partial charge in [-0.25, -0.2) is 0 Å². The van der Waals surface area contributed by atoms with Gasteiger partial charge in [0.05, 0.1) is 6.54 Å². The summed E-state index contributed by atoms with van der Waals surface area (Å²) < 4.78 is 0. The Balaban J connectivity index is 1.65. The van der Waals surface area contributed by atoms with E-state index in [9.17, 15) is 0 Å². The quantitative estimate of drug-likeness (QED) is 0.746. The van der Waals surface area contributed by atoms with Gasteiger partial charge in [0.2, 0.25) is 0 Å². The minimum absolute atomic E-state index is 0.603.